The van der Waals surface area contributed by atoms with Crippen molar-refractivity contribution in [3.63, 3.8) is 0 Å². The number of rotatable bonds is 6. The van der Waals surface area contributed by atoms with Gasteiger partial charge < -0.3 is 4.90 Å². The molecule has 0 radical (unpaired) electrons. The fourth-order valence-electron chi connectivity index (χ4n) is 3.18. The van der Waals surface area contributed by atoms with Crippen LogP contribution in [-0.2, 0) is 0 Å². The summed E-state index contributed by atoms with van der Waals surface area (Å²) in [6.07, 6.45) is 5.73. The smallest absolute Gasteiger partial charge is 0.254 e. The Kier molecular flexibility index (Phi) is 4.52. The van der Waals surface area contributed by atoms with Crippen LogP contribution in [0.1, 0.15) is 41.7 Å². The summed E-state index contributed by atoms with van der Waals surface area (Å²) in [7, 11) is 0. The molecule has 0 N–H and O–H groups in total. The fraction of sp³-hybridized carbons (Fsp3) is 0.286. The molecule has 1 fully saturated rings. The second-order valence-electron chi connectivity index (χ2n) is 6.90. The van der Waals surface area contributed by atoms with Crippen LogP contribution in [0.2, 0.25) is 0 Å². The molecule has 0 aliphatic heterocycles. The zero-order chi connectivity index (χ0) is 17.9. The number of carbonyl (C=O) groups is 1. The predicted molar refractivity (Wildman–Crippen MR) is 100.0 cm³/mol. The number of hydrogen-bond acceptors (Lipinski definition) is 3. The minimum absolute atomic E-state index is 0.0572. The minimum atomic E-state index is 0.0572. The molecule has 1 aromatic heterocycles. The Bertz CT molecular complexity index is 855. The summed E-state index contributed by atoms with van der Waals surface area (Å²) in [4.78, 5) is 15.2. The summed E-state index contributed by atoms with van der Waals surface area (Å²) in [5.74, 6) is 0.727. The first-order valence-electron chi connectivity index (χ1n) is 9.03. The van der Waals surface area contributed by atoms with Crippen LogP contribution in [0.4, 0.5) is 0 Å². The summed E-state index contributed by atoms with van der Waals surface area (Å²) >= 11 is 0. The van der Waals surface area contributed by atoms with Crippen LogP contribution >= 0.6 is 0 Å². The van der Waals surface area contributed by atoms with E-state index in [-0.39, 0.29) is 11.9 Å². The van der Waals surface area contributed by atoms with Gasteiger partial charge in [-0.3, -0.25) is 9.36 Å². The zero-order valence-electron chi connectivity index (χ0n) is 14.8. The molecule has 1 aliphatic rings. The van der Waals surface area contributed by atoms with Crippen molar-refractivity contribution in [2.75, 3.05) is 6.54 Å². The Labute approximate surface area is 153 Å². The molecule has 0 spiro atoms. The third-order valence-corrected chi connectivity index (χ3v) is 4.99. The van der Waals surface area contributed by atoms with Crippen molar-refractivity contribution < 1.29 is 4.79 Å². The average Bonchev–Trinajstić information content (AvgIpc) is 3.35. The van der Waals surface area contributed by atoms with Gasteiger partial charge >= 0.3 is 0 Å². The van der Waals surface area contributed by atoms with Gasteiger partial charge in [-0.25, -0.2) is 0 Å². The molecule has 1 heterocycles. The van der Waals surface area contributed by atoms with Crippen LogP contribution in [0.25, 0.3) is 5.69 Å². The zero-order valence-corrected chi connectivity index (χ0v) is 14.8. The van der Waals surface area contributed by atoms with Crippen LogP contribution in [0, 0.1) is 5.92 Å². The summed E-state index contributed by atoms with van der Waals surface area (Å²) in [6.45, 7) is 2.93. The van der Waals surface area contributed by atoms with Gasteiger partial charge in [-0.1, -0.05) is 30.3 Å². The van der Waals surface area contributed by atoms with E-state index in [1.165, 1.54) is 18.4 Å². The van der Waals surface area contributed by atoms with Crippen molar-refractivity contribution >= 4 is 5.91 Å². The molecule has 0 unspecified atom stereocenters. The lowest BCUT2D eigenvalue weighted by molar-refractivity contribution is 0.0680. The van der Waals surface area contributed by atoms with Crippen molar-refractivity contribution in [2.45, 2.75) is 25.8 Å². The average molecular weight is 346 g/mol. The number of hydrogen-bond donors (Lipinski definition) is 0. The Balaban J connectivity index is 1.57. The van der Waals surface area contributed by atoms with Crippen LogP contribution < -0.4 is 0 Å². The van der Waals surface area contributed by atoms with Crippen molar-refractivity contribution in [1.29, 1.82) is 0 Å². The largest absolute Gasteiger partial charge is 0.332 e. The van der Waals surface area contributed by atoms with Gasteiger partial charge in [0.2, 0.25) is 0 Å². The fourth-order valence-corrected chi connectivity index (χ4v) is 3.18. The Morgan fingerprint density at radius 2 is 1.73 bits per heavy atom. The Morgan fingerprint density at radius 3 is 2.35 bits per heavy atom. The first-order valence-corrected chi connectivity index (χ1v) is 9.03. The third kappa shape index (κ3) is 3.52. The highest BCUT2D eigenvalue weighted by molar-refractivity contribution is 5.94. The van der Waals surface area contributed by atoms with E-state index in [9.17, 15) is 4.79 Å². The van der Waals surface area contributed by atoms with E-state index in [1.807, 2.05) is 51.9 Å². The van der Waals surface area contributed by atoms with E-state index in [4.69, 9.17) is 0 Å². The summed E-state index contributed by atoms with van der Waals surface area (Å²) < 4.78 is 1.82. The van der Waals surface area contributed by atoms with E-state index in [1.54, 1.807) is 12.7 Å². The van der Waals surface area contributed by atoms with E-state index >= 15 is 0 Å². The lowest BCUT2D eigenvalue weighted by atomic mass is 10.0. The molecule has 2 aromatic carbocycles. The molecule has 4 rings (SSSR count). The minimum Gasteiger partial charge on any atom is -0.332 e. The van der Waals surface area contributed by atoms with Crippen molar-refractivity contribution in [3.8, 4) is 5.69 Å². The summed E-state index contributed by atoms with van der Waals surface area (Å²) in [5, 5.41) is 7.64. The molecule has 5 heteroatoms. The maximum absolute atomic E-state index is 13.2. The quantitative estimate of drug-likeness (QED) is 0.680. The predicted octanol–water partition coefficient (Wildman–Crippen LogP) is 3.88. The second kappa shape index (κ2) is 7.12. The van der Waals surface area contributed by atoms with Gasteiger partial charge in [-0.2, -0.15) is 0 Å². The monoisotopic (exact) mass is 346 g/mol. The molecular formula is C21H22N4O. The van der Waals surface area contributed by atoms with E-state index in [2.05, 4.69) is 29.3 Å². The van der Waals surface area contributed by atoms with Crippen LogP contribution in [-0.4, -0.2) is 32.1 Å². The molecule has 1 atom stereocenters. The SMILES string of the molecule is C[C@H](c1ccccc1)N(CC1CC1)C(=O)c1ccc(-n2cnnc2)cc1. The topological polar surface area (TPSA) is 51.0 Å². The third-order valence-electron chi connectivity index (χ3n) is 4.99. The molecule has 3 aromatic rings. The first-order chi connectivity index (χ1) is 12.7. The highest BCUT2D eigenvalue weighted by Crippen LogP contribution is 2.33. The van der Waals surface area contributed by atoms with Gasteiger partial charge in [0.25, 0.3) is 5.91 Å². The van der Waals surface area contributed by atoms with E-state index in [0.29, 0.717) is 11.5 Å². The maximum Gasteiger partial charge on any atom is 0.254 e. The van der Waals surface area contributed by atoms with Crippen LogP contribution in [0.3, 0.4) is 0 Å². The van der Waals surface area contributed by atoms with E-state index in [0.717, 1.165) is 12.2 Å². The molecule has 1 aliphatic carbocycles. The van der Waals surface area contributed by atoms with E-state index < -0.39 is 0 Å². The molecule has 26 heavy (non-hydrogen) atoms. The second-order valence-corrected chi connectivity index (χ2v) is 6.90. The van der Waals surface area contributed by atoms with Crippen LogP contribution in [0.15, 0.2) is 67.3 Å². The molecule has 0 bridgehead atoms. The lowest BCUT2D eigenvalue weighted by Gasteiger charge is -2.30. The first kappa shape index (κ1) is 16.5. The molecule has 1 saturated carbocycles. The molecule has 0 saturated heterocycles. The molecule has 5 nitrogen and oxygen atoms in total. The lowest BCUT2D eigenvalue weighted by Crippen LogP contribution is -2.35. The van der Waals surface area contributed by atoms with Crippen molar-refractivity contribution in [1.82, 2.24) is 19.7 Å². The van der Waals surface area contributed by atoms with Crippen molar-refractivity contribution in [2.24, 2.45) is 5.92 Å². The van der Waals surface area contributed by atoms with Gasteiger partial charge in [0, 0.05) is 17.8 Å². The number of aromatic nitrogens is 3. The maximum atomic E-state index is 13.2. The van der Waals surface area contributed by atoms with Gasteiger partial charge in [0.15, 0.2) is 0 Å². The van der Waals surface area contributed by atoms with Gasteiger partial charge in [-0.15, -0.1) is 10.2 Å². The summed E-state index contributed by atoms with van der Waals surface area (Å²) in [5.41, 5.74) is 2.82. The number of carbonyl (C=O) groups excluding carboxylic acids is 1. The number of amides is 1. The van der Waals surface area contributed by atoms with Gasteiger partial charge in [0.1, 0.15) is 12.7 Å². The number of benzene rings is 2. The summed E-state index contributed by atoms with van der Waals surface area (Å²) in [6, 6.07) is 17.9. The van der Waals surface area contributed by atoms with Gasteiger partial charge in [-0.05, 0) is 55.5 Å². The molecule has 1 amide bonds. The highest BCUT2D eigenvalue weighted by Gasteiger charge is 2.30. The molecule has 132 valence electrons. The molecular weight excluding hydrogens is 324 g/mol. The van der Waals surface area contributed by atoms with Crippen LogP contribution in [0.5, 0.6) is 0 Å². The normalized spacial score (nSPS) is 14.8. The number of nitrogens with zero attached hydrogens (tertiary/aromatic N) is 4. The Hall–Kier alpha value is -2.95. The Morgan fingerprint density at radius 1 is 1.08 bits per heavy atom. The standard InChI is InChI=1S/C21H22N4O/c1-16(18-5-3-2-4-6-18)25(13-17-7-8-17)21(26)19-9-11-20(12-10-19)24-14-22-23-15-24/h2-6,9-12,14-17H,7-8,13H2,1H3/t16-/m1/s1. The van der Waals surface area contributed by atoms with Crippen molar-refractivity contribution in [3.05, 3.63) is 78.4 Å². The van der Waals surface area contributed by atoms with Gasteiger partial charge in [0.05, 0.1) is 6.04 Å². The highest BCUT2D eigenvalue weighted by atomic mass is 16.2.